The molecule has 78 valence electrons. The van der Waals surface area contributed by atoms with Crippen LogP contribution in [-0.4, -0.2) is 21.3 Å². The summed E-state index contributed by atoms with van der Waals surface area (Å²) >= 11 is 1.14. The molecule has 0 radical (unpaired) electrons. The van der Waals surface area contributed by atoms with Crippen molar-refractivity contribution in [3.63, 3.8) is 0 Å². The molecule has 2 rings (SSSR count). The number of benzene rings is 1. The Labute approximate surface area is 90.8 Å². The molecule has 1 aromatic heterocycles. The summed E-state index contributed by atoms with van der Waals surface area (Å²) in [6, 6.07) is 5.28. The lowest BCUT2D eigenvalue weighted by atomic mass is 10.2. The Balaban J connectivity index is 2.27. The second-order valence-corrected chi connectivity index (χ2v) is 3.45. The van der Waals surface area contributed by atoms with E-state index < -0.39 is 0 Å². The fourth-order valence-electron chi connectivity index (χ4n) is 1.23. The van der Waals surface area contributed by atoms with Crippen molar-refractivity contribution in [2.75, 3.05) is 11.9 Å². The van der Waals surface area contributed by atoms with Gasteiger partial charge < -0.3 is 10.6 Å². The first-order valence-corrected chi connectivity index (χ1v) is 5.30. The van der Waals surface area contributed by atoms with E-state index in [0.29, 0.717) is 12.2 Å². The van der Waals surface area contributed by atoms with Crippen molar-refractivity contribution in [3.8, 4) is 0 Å². The molecule has 0 saturated heterocycles. The van der Waals surface area contributed by atoms with Gasteiger partial charge in [0.2, 0.25) is 0 Å². The molecule has 2 amide bonds. The van der Waals surface area contributed by atoms with Crippen molar-refractivity contribution in [2.24, 2.45) is 0 Å². The third-order valence-corrected chi connectivity index (χ3v) is 2.41. The second kappa shape index (κ2) is 4.22. The number of hydrogen-bond donors (Lipinski definition) is 2. The summed E-state index contributed by atoms with van der Waals surface area (Å²) in [5.41, 5.74) is 2.22. The molecule has 1 heterocycles. The van der Waals surface area contributed by atoms with Crippen molar-refractivity contribution in [2.45, 2.75) is 6.92 Å². The summed E-state index contributed by atoms with van der Waals surface area (Å²) in [5, 5.41) is 5.38. The molecule has 1 aromatic carbocycles. The standard InChI is InChI=1S/C9H10N4OS/c1-2-10-9(14)11-6-4-3-5-7-8(6)13-15-12-7/h3-5H,2H2,1H3,(H2,10,11,14). The number of nitrogens with one attached hydrogen (secondary N) is 2. The van der Waals surface area contributed by atoms with Crippen LogP contribution in [0.1, 0.15) is 6.92 Å². The lowest BCUT2D eigenvalue weighted by molar-refractivity contribution is 0.252. The lowest BCUT2D eigenvalue weighted by Crippen LogP contribution is -2.28. The summed E-state index contributed by atoms with van der Waals surface area (Å²) in [7, 11) is 0. The highest BCUT2D eigenvalue weighted by Gasteiger charge is 2.06. The van der Waals surface area contributed by atoms with Crippen molar-refractivity contribution < 1.29 is 4.79 Å². The minimum Gasteiger partial charge on any atom is -0.338 e. The van der Waals surface area contributed by atoms with Gasteiger partial charge in [-0.3, -0.25) is 0 Å². The average Bonchev–Trinajstić information content (AvgIpc) is 2.67. The molecule has 5 nitrogen and oxygen atoms in total. The van der Waals surface area contributed by atoms with Gasteiger partial charge >= 0.3 is 6.03 Å². The Morgan fingerprint density at radius 1 is 1.47 bits per heavy atom. The number of carbonyl (C=O) groups is 1. The maximum atomic E-state index is 11.3. The smallest absolute Gasteiger partial charge is 0.319 e. The minimum atomic E-state index is -0.224. The molecule has 2 N–H and O–H groups in total. The van der Waals surface area contributed by atoms with Gasteiger partial charge in [0.25, 0.3) is 0 Å². The highest BCUT2D eigenvalue weighted by atomic mass is 32.1. The summed E-state index contributed by atoms with van der Waals surface area (Å²) in [6.45, 7) is 2.46. The number of fused-ring (bicyclic) bond motifs is 1. The number of rotatable bonds is 2. The number of amides is 2. The maximum Gasteiger partial charge on any atom is 0.319 e. The van der Waals surface area contributed by atoms with Crippen LogP contribution in [0.4, 0.5) is 10.5 Å². The lowest BCUT2D eigenvalue weighted by Gasteiger charge is -2.05. The molecule has 2 aromatic rings. The highest BCUT2D eigenvalue weighted by molar-refractivity contribution is 7.00. The Kier molecular flexibility index (Phi) is 2.77. The molecule has 0 aliphatic carbocycles. The highest BCUT2D eigenvalue weighted by Crippen LogP contribution is 2.20. The maximum absolute atomic E-state index is 11.3. The van der Waals surface area contributed by atoms with E-state index in [1.165, 1.54) is 0 Å². The van der Waals surface area contributed by atoms with Crippen LogP contribution in [0.5, 0.6) is 0 Å². The number of anilines is 1. The van der Waals surface area contributed by atoms with Crippen LogP contribution in [-0.2, 0) is 0 Å². The minimum absolute atomic E-state index is 0.224. The molecule has 6 heteroatoms. The molecular weight excluding hydrogens is 212 g/mol. The first-order valence-electron chi connectivity index (χ1n) is 4.57. The molecule has 0 saturated carbocycles. The van der Waals surface area contributed by atoms with Crippen molar-refractivity contribution >= 4 is 34.5 Å². The molecule has 0 fully saturated rings. The number of carbonyl (C=O) groups excluding carboxylic acids is 1. The van der Waals surface area contributed by atoms with Gasteiger partial charge in [0.1, 0.15) is 11.0 Å². The fourth-order valence-corrected chi connectivity index (χ4v) is 1.78. The molecule has 0 atom stereocenters. The Morgan fingerprint density at radius 2 is 2.33 bits per heavy atom. The van der Waals surface area contributed by atoms with E-state index in [2.05, 4.69) is 19.4 Å². The third-order valence-electron chi connectivity index (χ3n) is 1.87. The summed E-state index contributed by atoms with van der Waals surface area (Å²) < 4.78 is 8.21. The summed E-state index contributed by atoms with van der Waals surface area (Å²) in [4.78, 5) is 11.3. The molecule has 0 unspecified atom stereocenters. The monoisotopic (exact) mass is 222 g/mol. The van der Waals surface area contributed by atoms with Gasteiger partial charge in [-0.1, -0.05) is 6.07 Å². The van der Waals surface area contributed by atoms with E-state index in [1.807, 2.05) is 19.1 Å². The third kappa shape index (κ3) is 2.04. The van der Waals surface area contributed by atoms with E-state index in [0.717, 1.165) is 22.8 Å². The summed E-state index contributed by atoms with van der Waals surface area (Å²) in [5.74, 6) is 0. The van der Waals surface area contributed by atoms with Gasteiger partial charge in [0.05, 0.1) is 17.4 Å². The first-order chi connectivity index (χ1) is 7.31. The number of aromatic nitrogens is 2. The normalized spacial score (nSPS) is 10.2. The SMILES string of the molecule is CCNC(=O)Nc1cccc2nsnc12. The largest absolute Gasteiger partial charge is 0.338 e. The van der Waals surface area contributed by atoms with Crippen LogP contribution < -0.4 is 10.6 Å². The van der Waals surface area contributed by atoms with E-state index >= 15 is 0 Å². The van der Waals surface area contributed by atoms with Crippen LogP contribution in [0.25, 0.3) is 11.0 Å². The topological polar surface area (TPSA) is 66.9 Å². The van der Waals surface area contributed by atoms with Crippen LogP contribution in [0.3, 0.4) is 0 Å². The van der Waals surface area contributed by atoms with Crippen LogP contribution >= 0.6 is 11.7 Å². The van der Waals surface area contributed by atoms with Crippen LogP contribution in [0.15, 0.2) is 18.2 Å². The van der Waals surface area contributed by atoms with E-state index in [4.69, 9.17) is 0 Å². The fraction of sp³-hybridized carbons (Fsp3) is 0.222. The predicted molar refractivity (Wildman–Crippen MR) is 60.1 cm³/mol. The van der Waals surface area contributed by atoms with Gasteiger partial charge in [-0.05, 0) is 19.1 Å². The Hall–Kier alpha value is -1.69. The molecule has 0 aliphatic heterocycles. The predicted octanol–water partition coefficient (Wildman–Crippen LogP) is 1.83. The average molecular weight is 222 g/mol. The summed E-state index contributed by atoms with van der Waals surface area (Å²) in [6.07, 6.45) is 0. The van der Waals surface area contributed by atoms with Gasteiger partial charge in [0.15, 0.2) is 0 Å². The van der Waals surface area contributed by atoms with Crippen LogP contribution in [0, 0.1) is 0 Å². The van der Waals surface area contributed by atoms with Crippen molar-refractivity contribution in [1.29, 1.82) is 0 Å². The van der Waals surface area contributed by atoms with Gasteiger partial charge in [0, 0.05) is 6.54 Å². The van der Waals surface area contributed by atoms with Crippen molar-refractivity contribution in [1.82, 2.24) is 14.1 Å². The molecule has 0 aliphatic rings. The zero-order valence-corrected chi connectivity index (χ0v) is 8.97. The van der Waals surface area contributed by atoms with Gasteiger partial charge in [-0.15, -0.1) is 0 Å². The second-order valence-electron chi connectivity index (χ2n) is 2.92. The molecular formula is C9H10N4OS. The van der Waals surface area contributed by atoms with Crippen LogP contribution in [0.2, 0.25) is 0 Å². The van der Waals surface area contributed by atoms with E-state index in [9.17, 15) is 4.79 Å². The quantitative estimate of drug-likeness (QED) is 0.814. The molecule has 0 spiro atoms. The Bertz CT molecular complexity index is 482. The number of nitrogens with zero attached hydrogens (tertiary/aromatic N) is 2. The molecule has 0 bridgehead atoms. The zero-order valence-electron chi connectivity index (χ0n) is 8.15. The number of hydrogen-bond acceptors (Lipinski definition) is 4. The van der Waals surface area contributed by atoms with E-state index in [1.54, 1.807) is 6.07 Å². The zero-order chi connectivity index (χ0) is 10.7. The number of urea groups is 1. The van der Waals surface area contributed by atoms with Gasteiger partial charge in [-0.2, -0.15) is 8.75 Å². The Morgan fingerprint density at radius 3 is 3.13 bits per heavy atom. The molecule has 15 heavy (non-hydrogen) atoms. The van der Waals surface area contributed by atoms with E-state index in [-0.39, 0.29) is 6.03 Å². The van der Waals surface area contributed by atoms with Crippen molar-refractivity contribution in [3.05, 3.63) is 18.2 Å². The van der Waals surface area contributed by atoms with Gasteiger partial charge in [-0.25, -0.2) is 4.79 Å². The first kappa shape index (κ1) is 9.85.